The number of carbonyl (C=O) groups excluding carboxylic acids is 1. The maximum Gasteiger partial charge on any atom is 0.255 e. The number of rotatable bonds is 1. The van der Waals surface area contributed by atoms with Crippen molar-refractivity contribution in [2.45, 2.75) is 26.1 Å². The number of ether oxygens (including phenoxy) is 1. The van der Waals surface area contributed by atoms with Gasteiger partial charge in [-0.15, -0.1) is 0 Å². The van der Waals surface area contributed by atoms with Crippen LogP contribution in [0.25, 0.3) is 0 Å². The Morgan fingerprint density at radius 3 is 2.72 bits per heavy atom. The van der Waals surface area contributed by atoms with Gasteiger partial charge in [-0.2, -0.15) is 0 Å². The number of morpholine rings is 1. The van der Waals surface area contributed by atoms with Crippen LogP contribution in [-0.4, -0.2) is 41.1 Å². The summed E-state index contributed by atoms with van der Waals surface area (Å²) in [5, 5.41) is 0. The normalized spacial score (nSPS) is 24.1. The first-order valence-electron chi connectivity index (χ1n) is 5.83. The van der Waals surface area contributed by atoms with Gasteiger partial charge in [0, 0.05) is 23.8 Å². The van der Waals surface area contributed by atoms with Gasteiger partial charge in [0.1, 0.15) is 5.82 Å². The van der Waals surface area contributed by atoms with Gasteiger partial charge in [-0.1, -0.05) is 0 Å². The number of hydrogen-bond acceptors (Lipinski definition) is 4. The molecule has 2 unspecified atom stereocenters. The molecule has 5 nitrogen and oxygen atoms in total. The molecule has 18 heavy (non-hydrogen) atoms. The summed E-state index contributed by atoms with van der Waals surface area (Å²) in [4.78, 5) is 18.1. The zero-order valence-electron chi connectivity index (χ0n) is 10.4. The molecule has 2 atom stereocenters. The molecule has 0 radical (unpaired) electrons. The second-order valence-electron chi connectivity index (χ2n) is 4.56. The molecule has 1 aromatic heterocycles. The maximum atomic E-state index is 12.4. The van der Waals surface area contributed by atoms with Crippen molar-refractivity contribution in [3.8, 4) is 0 Å². The molecular formula is C12H16BrN3O2. The summed E-state index contributed by atoms with van der Waals surface area (Å²) in [5.74, 6) is 0.300. The zero-order valence-corrected chi connectivity index (χ0v) is 12.0. The average Bonchev–Trinajstić information content (AvgIpc) is 2.30. The average molecular weight is 314 g/mol. The van der Waals surface area contributed by atoms with Crippen LogP contribution in [0.2, 0.25) is 0 Å². The Bertz CT molecular complexity index is 457. The van der Waals surface area contributed by atoms with Crippen molar-refractivity contribution in [2.75, 3.05) is 18.8 Å². The molecule has 2 N–H and O–H groups in total. The molecule has 2 heterocycles. The van der Waals surface area contributed by atoms with Crippen LogP contribution in [0.3, 0.4) is 0 Å². The summed E-state index contributed by atoms with van der Waals surface area (Å²) < 4.78 is 6.27. The van der Waals surface area contributed by atoms with Crippen LogP contribution in [0.4, 0.5) is 5.82 Å². The minimum atomic E-state index is -0.0435. The van der Waals surface area contributed by atoms with Gasteiger partial charge in [0.15, 0.2) is 0 Å². The first kappa shape index (κ1) is 13.3. The molecule has 0 bridgehead atoms. The third-order valence-corrected chi connectivity index (χ3v) is 3.45. The van der Waals surface area contributed by atoms with Crippen molar-refractivity contribution in [1.29, 1.82) is 0 Å². The fourth-order valence-electron chi connectivity index (χ4n) is 2.13. The van der Waals surface area contributed by atoms with Gasteiger partial charge in [0.25, 0.3) is 5.91 Å². The Labute approximate surface area is 114 Å². The van der Waals surface area contributed by atoms with E-state index in [4.69, 9.17) is 10.5 Å². The maximum absolute atomic E-state index is 12.4. The Morgan fingerprint density at radius 1 is 1.50 bits per heavy atom. The number of nitrogens with two attached hydrogens (primary N) is 1. The Balaban J connectivity index is 2.22. The minimum Gasteiger partial charge on any atom is -0.384 e. The number of aromatic nitrogens is 1. The smallest absolute Gasteiger partial charge is 0.255 e. The van der Waals surface area contributed by atoms with E-state index in [0.717, 1.165) is 0 Å². The largest absolute Gasteiger partial charge is 0.384 e. The Morgan fingerprint density at radius 2 is 2.11 bits per heavy atom. The van der Waals surface area contributed by atoms with Crippen molar-refractivity contribution >= 4 is 27.7 Å². The number of amides is 1. The summed E-state index contributed by atoms with van der Waals surface area (Å²) >= 11 is 3.33. The molecule has 1 amide bonds. The van der Waals surface area contributed by atoms with Crippen LogP contribution in [-0.2, 0) is 4.74 Å². The van der Waals surface area contributed by atoms with E-state index in [9.17, 15) is 4.79 Å². The van der Waals surface area contributed by atoms with E-state index in [-0.39, 0.29) is 18.1 Å². The Hall–Kier alpha value is -1.14. The lowest BCUT2D eigenvalue weighted by Crippen LogP contribution is -2.48. The molecule has 1 saturated heterocycles. The highest BCUT2D eigenvalue weighted by molar-refractivity contribution is 9.10. The van der Waals surface area contributed by atoms with Gasteiger partial charge in [-0.3, -0.25) is 4.79 Å². The van der Waals surface area contributed by atoms with Gasteiger partial charge < -0.3 is 15.4 Å². The van der Waals surface area contributed by atoms with E-state index in [2.05, 4.69) is 20.9 Å². The molecular weight excluding hydrogens is 298 g/mol. The zero-order chi connectivity index (χ0) is 13.3. The third kappa shape index (κ3) is 2.81. The van der Waals surface area contributed by atoms with Crippen LogP contribution in [0.15, 0.2) is 16.7 Å². The topological polar surface area (TPSA) is 68.5 Å². The SMILES string of the molecule is CC1CN(C(=O)c2cc(N)ncc2Br)CC(C)O1. The summed E-state index contributed by atoms with van der Waals surface area (Å²) in [6.45, 7) is 5.12. The van der Waals surface area contributed by atoms with Crippen molar-refractivity contribution in [3.05, 3.63) is 22.3 Å². The van der Waals surface area contributed by atoms with Crippen LogP contribution in [0.5, 0.6) is 0 Å². The predicted molar refractivity (Wildman–Crippen MR) is 72.3 cm³/mol. The van der Waals surface area contributed by atoms with E-state index < -0.39 is 0 Å². The van der Waals surface area contributed by atoms with E-state index >= 15 is 0 Å². The summed E-state index contributed by atoms with van der Waals surface area (Å²) in [5.41, 5.74) is 6.17. The van der Waals surface area contributed by atoms with Crippen LogP contribution < -0.4 is 5.73 Å². The quantitative estimate of drug-likeness (QED) is 0.856. The molecule has 0 aromatic carbocycles. The van der Waals surface area contributed by atoms with Crippen molar-refractivity contribution < 1.29 is 9.53 Å². The van der Waals surface area contributed by atoms with Crippen molar-refractivity contribution in [3.63, 3.8) is 0 Å². The number of pyridine rings is 1. The van der Waals surface area contributed by atoms with Crippen molar-refractivity contribution in [1.82, 2.24) is 9.88 Å². The van der Waals surface area contributed by atoms with Gasteiger partial charge in [-0.25, -0.2) is 4.98 Å². The summed E-state index contributed by atoms with van der Waals surface area (Å²) in [6, 6.07) is 1.59. The first-order valence-corrected chi connectivity index (χ1v) is 6.62. The molecule has 0 aliphatic carbocycles. The summed E-state index contributed by atoms with van der Waals surface area (Å²) in [7, 11) is 0. The lowest BCUT2D eigenvalue weighted by Gasteiger charge is -2.35. The lowest BCUT2D eigenvalue weighted by atomic mass is 10.1. The fraction of sp³-hybridized carbons (Fsp3) is 0.500. The number of halogens is 1. The minimum absolute atomic E-state index is 0.0435. The van der Waals surface area contributed by atoms with E-state index in [1.54, 1.807) is 17.2 Å². The van der Waals surface area contributed by atoms with Gasteiger partial charge in [-0.05, 0) is 35.8 Å². The second-order valence-corrected chi connectivity index (χ2v) is 5.41. The molecule has 2 rings (SSSR count). The van der Waals surface area contributed by atoms with Gasteiger partial charge >= 0.3 is 0 Å². The standard InChI is InChI=1S/C12H16BrN3O2/c1-7-5-16(6-8(2)18-7)12(17)9-3-11(14)15-4-10(9)13/h3-4,7-8H,5-6H2,1-2H3,(H2,14,15). The molecule has 1 aliphatic rings. The molecule has 1 fully saturated rings. The third-order valence-electron chi connectivity index (χ3n) is 2.81. The first-order chi connectivity index (χ1) is 8.47. The van der Waals surface area contributed by atoms with Crippen LogP contribution >= 0.6 is 15.9 Å². The highest BCUT2D eigenvalue weighted by Gasteiger charge is 2.27. The highest BCUT2D eigenvalue weighted by Crippen LogP contribution is 2.21. The predicted octanol–water partition coefficient (Wildman–Crippen LogP) is 1.68. The molecule has 0 spiro atoms. The monoisotopic (exact) mass is 313 g/mol. The number of carbonyl (C=O) groups is 1. The number of nitrogens with zero attached hydrogens (tertiary/aromatic N) is 2. The van der Waals surface area contributed by atoms with Gasteiger partial charge in [0.2, 0.25) is 0 Å². The van der Waals surface area contributed by atoms with E-state index in [1.807, 2.05) is 13.8 Å². The number of nitrogen functional groups attached to an aromatic ring is 1. The summed E-state index contributed by atoms with van der Waals surface area (Å²) in [6.07, 6.45) is 1.65. The fourth-order valence-corrected chi connectivity index (χ4v) is 2.52. The lowest BCUT2D eigenvalue weighted by molar-refractivity contribution is -0.0586. The van der Waals surface area contributed by atoms with E-state index in [1.165, 1.54) is 0 Å². The molecule has 98 valence electrons. The molecule has 1 aromatic rings. The number of hydrogen-bond donors (Lipinski definition) is 1. The molecule has 1 aliphatic heterocycles. The Kier molecular flexibility index (Phi) is 3.87. The van der Waals surface area contributed by atoms with Crippen molar-refractivity contribution in [2.24, 2.45) is 0 Å². The van der Waals surface area contributed by atoms with Crippen LogP contribution in [0.1, 0.15) is 24.2 Å². The molecule has 0 saturated carbocycles. The van der Waals surface area contributed by atoms with E-state index in [0.29, 0.717) is 28.9 Å². The highest BCUT2D eigenvalue weighted by atomic mass is 79.9. The second kappa shape index (κ2) is 5.24. The molecule has 6 heteroatoms. The number of anilines is 1. The van der Waals surface area contributed by atoms with Crippen LogP contribution in [0, 0.1) is 0 Å². The van der Waals surface area contributed by atoms with Gasteiger partial charge in [0.05, 0.1) is 17.8 Å².